The lowest BCUT2D eigenvalue weighted by Crippen LogP contribution is -2.70. The van der Waals surface area contributed by atoms with Crippen molar-refractivity contribution in [3.05, 3.63) is 0 Å². The first kappa shape index (κ1) is 19.0. The molecule has 1 unspecified atom stereocenters. The van der Waals surface area contributed by atoms with E-state index in [1.807, 2.05) is 20.8 Å². The van der Waals surface area contributed by atoms with E-state index in [0.717, 1.165) is 32.1 Å². The fourth-order valence-corrected chi connectivity index (χ4v) is 3.91. The van der Waals surface area contributed by atoms with Crippen molar-refractivity contribution in [2.45, 2.75) is 70.9 Å². The van der Waals surface area contributed by atoms with E-state index in [4.69, 9.17) is 9.84 Å². The fraction of sp³-hybridized carbons (Fsp3) is 0.889. The van der Waals surface area contributed by atoms with Crippen LogP contribution in [0.5, 0.6) is 0 Å². The van der Waals surface area contributed by atoms with Crippen molar-refractivity contribution < 1.29 is 19.4 Å². The Balaban J connectivity index is 2.07. The summed E-state index contributed by atoms with van der Waals surface area (Å²) in [7, 11) is 1.79. The number of aliphatic hydroxyl groups excluding tert-OH is 1. The maximum absolute atomic E-state index is 13.0. The van der Waals surface area contributed by atoms with Crippen molar-refractivity contribution in [3.8, 4) is 0 Å². The van der Waals surface area contributed by atoms with Gasteiger partial charge in [0.15, 0.2) is 0 Å². The SMILES string of the molecule is CN(CCCCO)C(=O)C1N(C(=O)OC(C)(C)C)CC12CCCC2. The molecule has 1 saturated heterocycles. The van der Waals surface area contributed by atoms with E-state index < -0.39 is 11.6 Å². The number of carbonyl (C=O) groups excluding carboxylic acids is 2. The molecule has 1 saturated carbocycles. The van der Waals surface area contributed by atoms with Crippen LogP contribution < -0.4 is 0 Å². The number of amides is 2. The molecule has 1 N–H and O–H groups in total. The van der Waals surface area contributed by atoms with E-state index in [1.165, 1.54) is 0 Å². The lowest BCUT2D eigenvalue weighted by Gasteiger charge is -2.55. The van der Waals surface area contributed by atoms with Crippen LogP contribution in [0.2, 0.25) is 0 Å². The van der Waals surface area contributed by atoms with Gasteiger partial charge in [-0.15, -0.1) is 0 Å². The predicted octanol–water partition coefficient (Wildman–Crippen LogP) is 2.40. The van der Waals surface area contributed by atoms with Crippen molar-refractivity contribution in [3.63, 3.8) is 0 Å². The van der Waals surface area contributed by atoms with Crippen LogP contribution in [0.1, 0.15) is 59.3 Å². The minimum absolute atomic E-state index is 0.00643. The van der Waals surface area contributed by atoms with Crippen LogP contribution in [0.4, 0.5) is 4.79 Å². The van der Waals surface area contributed by atoms with Gasteiger partial charge in [0.1, 0.15) is 11.6 Å². The Hall–Kier alpha value is -1.30. The molecule has 6 nitrogen and oxygen atoms in total. The Morgan fingerprint density at radius 3 is 2.42 bits per heavy atom. The van der Waals surface area contributed by atoms with Gasteiger partial charge in [-0.3, -0.25) is 9.69 Å². The Morgan fingerprint density at radius 2 is 1.88 bits per heavy atom. The van der Waals surface area contributed by atoms with Gasteiger partial charge >= 0.3 is 6.09 Å². The summed E-state index contributed by atoms with van der Waals surface area (Å²) < 4.78 is 5.49. The first-order valence-corrected chi connectivity index (χ1v) is 9.06. The van der Waals surface area contributed by atoms with E-state index in [1.54, 1.807) is 16.8 Å². The molecular formula is C18H32N2O4. The zero-order valence-corrected chi connectivity index (χ0v) is 15.5. The zero-order chi connectivity index (χ0) is 18.0. The molecule has 0 aromatic carbocycles. The number of aliphatic hydroxyl groups is 1. The second-order valence-corrected chi connectivity index (χ2v) is 8.27. The van der Waals surface area contributed by atoms with Gasteiger partial charge in [-0.1, -0.05) is 12.8 Å². The molecule has 2 fully saturated rings. The fourth-order valence-electron chi connectivity index (χ4n) is 3.91. The summed E-state index contributed by atoms with van der Waals surface area (Å²) in [6.45, 7) is 6.89. The molecule has 2 aliphatic rings. The summed E-state index contributed by atoms with van der Waals surface area (Å²) in [5.74, 6) is 0.00643. The first-order valence-electron chi connectivity index (χ1n) is 9.06. The van der Waals surface area contributed by atoms with Gasteiger partial charge in [-0.05, 0) is 46.5 Å². The van der Waals surface area contributed by atoms with Crippen LogP contribution in [0.15, 0.2) is 0 Å². The van der Waals surface area contributed by atoms with Gasteiger partial charge in [0.2, 0.25) is 5.91 Å². The van der Waals surface area contributed by atoms with Gasteiger partial charge in [0.25, 0.3) is 0 Å². The molecule has 1 heterocycles. The minimum Gasteiger partial charge on any atom is -0.444 e. The molecule has 24 heavy (non-hydrogen) atoms. The molecule has 0 bridgehead atoms. The number of ether oxygens (including phenoxy) is 1. The molecule has 6 heteroatoms. The van der Waals surface area contributed by atoms with Crippen molar-refractivity contribution >= 4 is 12.0 Å². The topological polar surface area (TPSA) is 70.1 Å². The van der Waals surface area contributed by atoms with Crippen LogP contribution in [0.3, 0.4) is 0 Å². The molecule has 2 amide bonds. The normalized spacial score (nSPS) is 22.4. The Bertz CT molecular complexity index is 466. The number of unbranched alkanes of at least 4 members (excludes halogenated alkanes) is 1. The third-order valence-electron chi connectivity index (χ3n) is 5.12. The summed E-state index contributed by atoms with van der Waals surface area (Å²) >= 11 is 0. The number of hydrogen-bond donors (Lipinski definition) is 1. The molecule has 1 spiro atoms. The highest BCUT2D eigenvalue weighted by Gasteiger charge is 2.60. The Morgan fingerprint density at radius 1 is 1.25 bits per heavy atom. The summed E-state index contributed by atoms with van der Waals surface area (Å²) in [5, 5.41) is 8.90. The second kappa shape index (κ2) is 7.30. The smallest absolute Gasteiger partial charge is 0.411 e. The summed E-state index contributed by atoms with van der Waals surface area (Å²) in [5.41, 5.74) is -0.616. The van der Waals surface area contributed by atoms with E-state index in [0.29, 0.717) is 19.5 Å². The van der Waals surface area contributed by atoms with Gasteiger partial charge in [-0.2, -0.15) is 0 Å². The van der Waals surface area contributed by atoms with Crippen molar-refractivity contribution in [2.24, 2.45) is 5.41 Å². The molecule has 138 valence electrons. The van der Waals surface area contributed by atoms with Crippen LogP contribution in [0, 0.1) is 5.41 Å². The Kier molecular flexibility index (Phi) is 5.78. The number of rotatable bonds is 5. The van der Waals surface area contributed by atoms with Gasteiger partial charge in [0.05, 0.1) is 0 Å². The van der Waals surface area contributed by atoms with E-state index in [9.17, 15) is 9.59 Å². The second-order valence-electron chi connectivity index (χ2n) is 8.27. The third kappa shape index (κ3) is 4.02. The number of likely N-dealkylation sites (tertiary alicyclic amines) is 1. The lowest BCUT2D eigenvalue weighted by atomic mass is 9.69. The summed E-state index contributed by atoms with van der Waals surface area (Å²) in [4.78, 5) is 28.8. The molecule has 1 atom stereocenters. The number of nitrogens with zero attached hydrogens (tertiary/aromatic N) is 2. The average Bonchev–Trinajstić information content (AvgIpc) is 2.94. The van der Waals surface area contributed by atoms with E-state index in [2.05, 4.69) is 0 Å². The van der Waals surface area contributed by atoms with E-state index in [-0.39, 0.29) is 24.0 Å². The van der Waals surface area contributed by atoms with Crippen molar-refractivity contribution in [1.29, 1.82) is 0 Å². The predicted molar refractivity (Wildman–Crippen MR) is 91.6 cm³/mol. The van der Waals surface area contributed by atoms with Crippen LogP contribution in [-0.4, -0.2) is 65.3 Å². The summed E-state index contributed by atoms with van der Waals surface area (Å²) in [6.07, 6.45) is 5.33. The molecule has 1 aliphatic carbocycles. The monoisotopic (exact) mass is 340 g/mol. The quantitative estimate of drug-likeness (QED) is 0.780. The van der Waals surface area contributed by atoms with E-state index >= 15 is 0 Å². The highest BCUT2D eigenvalue weighted by atomic mass is 16.6. The molecule has 0 aromatic rings. The number of hydrogen-bond acceptors (Lipinski definition) is 4. The average molecular weight is 340 g/mol. The third-order valence-corrected chi connectivity index (χ3v) is 5.12. The Labute approximate surface area is 145 Å². The highest BCUT2D eigenvalue weighted by molar-refractivity contribution is 5.88. The van der Waals surface area contributed by atoms with Crippen LogP contribution in [0.25, 0.3) is 0 Å². The standard InChI is InChI=1S/C18H32N2O4/c1-17(2,3)24-16(23)20-13-18(9-5-6-10-18)14(20)15(22)19(4)11-7-8-12-21/h14,21H,5-13H2,1-4H3. The highest BCUT2D eigenvalue weighted by Crippen LogP contribution is 2.51. The molecule has 1 aliphatic heterocycles. The van der Waals surface area contributed by atoms with Crippen molar-refractivity contribution in [2.75, 3.05) is 26.7 Å². The van der Waals surface area contributed by atoms with Gasteiger partial charge in [-0.25, -0.2) is 4.79 Å². The maximum atomic E-state index is 13.0. The van der Waals surface area contributed by atoms with Gasteiger partial charge < -0.3 is 14.7 Å². The number of carbonyl (C=O) groups is 2. The lowest BCUT2D eigenvalue weighted by molar-refractivity contribution is -0.155. The van der Waals surface area contributed by atoms with Crippen LogP contribution >= 0.6 is 0 Å². The first-order chi connectivity index (χ1) is 11.2. The van der Waals surface area contributed by atoms with Crippen molar-refractivity contribution in [1.82, 2.24) is 9.80 Å². The zero-order valence-electron chi connectivity index (χ0n) is 15.5. The minimum atomic E-state index is -0.559. The molecular weight excluding hydrogens is 308 g/mol. The molecule has 2 rings (SSSR count). The maximum Gasteiger partial charge on any atom is 0.411 e. The van der Waals surface area contributed by atoms with Gasteiger partial charge in [0, 0.05) is 32.2 Å². The molecule has 0 aromatic heterocycles. The molecule has 0 radical (unpaired) electrons. The van der Waals surface area contributed by atoms with Crippen LogP contribution in [-0.2, 0) is 9.53 Å². The largest absolute Gasteiger partial charge is 0.444 e. The number of likely N-dealkylation sites (N-methyl/N-ethyl adjacent to an activating group) is 1. The summed E-state index contributed by atoms with van der Waals surface area (Å²) in [6, 6.07) is -0.394.